The molecule has 1 heterocycles. The number of carbonyl (C=O) groups excluding carboxylic acids is 1. The van der Waals surface area contributed by atoms with Crippen LogP contribution in [0.5, 0.6) is 5.75 Å². The van der Waals surface area contributed by atoms with E-state index in [9.17, 15) is 4.79 Å². The number of amides is 1. The molecule has 1 saturated heterocycles. The second-order valence-electron chi connectivity index (χ2n) is 6.37. The number of hydrogen-bond donors (Lipinski definition) is 2. The van der Waals surface area contributed by atoms with Crippen LogP contribution >= 0.6 is 35.6 Å². The fourth-order valence-electron chi connectivity index (χ4n) is 2.79. The molecule has 1 aromatic rings. The van der Waals surface area contributed by atoms with Crippen molar-refractivity contribution in [2.75, 3.05) is 32.7 Å². The summed E-state index contributed by atoms with van der Waals surface area (Å²) in [7, 11) is 0. The number of aliphatic imine (C=N–C) groups is 1. The van der Waals surface area contributed by atoms with Crippen molar-refractivity contribution < 1.29 is 9.53 Å². The molecule has 1 aliphatic rings. The second kappa shape index (κ2) is 13.0. The summed E-state index contributed by atoms with van der Waals surface area (Å²) >= 11 is 5.97. The van der Waals surface area contributed by atoms with Crippen LogP contribution in [0.1, 0.15) is 33.1 Å². The van der Waals surface area contributed by atoms with Crippen molar-refractivity contribution in [3.05, 3.63) is 29.3 Å². The number of halogens is 2. The number of ether oxygens (including phenoxy) is 1. The van der Waals surface area contributed by atoms with Crippen LogP contribution < -0.4 is 15.4 Å². The van der Waals surface area contributed by atoms with E-state index in [-0.39, 0.29) is 36.0 Å². The quantitative estimate of drug-likeness (QED) is 0.233. The molecule has 27 heavy (non-hydrogen) atoms. The number of hydrogen-bond acceptors (Lipinski definition) is 3. The molecule has 1 unspecified atom stereocenters. The maximum atomic E-state index is 11.6. The first kappa shape index (κ1) is 23.8. The molecule has 152 valence electrons. The molecule has 1 fully saturated rings. The lowest BCUT2D eigenvalue weighted by atomic mass is 10.3. The van der Waals surface area contributed by atoms with Gasteiger partial charge < -0.3 is 20.3 Å². The van der Waals surface area contributed by atoms with Gasteiger partial charge in [0.25, 0.3) is 0 Å². The average Bonchev–Trinajstić information content (AvgIpc) is 3.01. The van der Waals surface area contributed by atoms with Crippen molar-refractivity contribution in [1.82, 2.24) is 15.5 Å². The van der Waals surface area contributed by atoms with Crippen LogP contribution in [0.25, 0.3) is 0 Å². The molecular formula is C19H30ClIN4O2. The van der Waals surface area contributed by atoms with Gasteiger partial charge in [-0.15, -0.1) is 24.0 Å². The highest BCUT2D eigenvalue weighted by Gasteiger charge is 2.18. The van der Waals surface area contributed by atoms with Crippen molar-refractivity contribution in [2.24, 2.45) is 4.99 Å². The minimum atomic E-state index is -0.0638. The number of rotatable bonds is 9. The molecule has 1 amide bonds. The normalized spacial score (nSPS) is 15.3. The summed E-state index contributed by atoms with van der Waals surface area (Å²) in [6.45, 7) is 7.81. The molecule has 2 rings (SSSR count). The van der Waals surface area contributed by atoms with Gasteiger partial charge in [-0.2, -0.15) is 0 Å². The predicted molar refractivity (Wildman–Crippen MR) is 121 cm³/mol. The van der Waals surface area contributed by atoms with E-state index in [1.807, 2.05) is 36.9 Å². The minimum Gasteiger partial charge on any atom is -0.489 e. The van der Waals surface area contributed by atoms with Crippen LogP contribution in [0, 0.1) is 0 Å². The first-order valence-electron chi connectivity index (χ1n) is 9.30. The van der Waals surface area contributed by atoms with Crippen molar-refractivity contribution in [3.63, 3.8) is 0 Å². The zero-order valence-electron chi connectivity index (χ0n) is 16.0. The Balaban J connectivity index is 0.00000364. The molecule has 1 aromatic carbocycles. The lowest BCUT2D eigenvalue weighted by Gasteiger charge is -2.17. The van der Waals surface area contributed by atoms with E-state index in [2.05, 4.69) is 15.6 Å². The molecule has 0 bridgehead atoms. The largest absolute Gasteiger partial charge is 0.489 e. The molecule has 8 heteroatoms. The van der Waals surface area contributed by atoms with Crippen molar-refractivity contribution in [1.29, 1.82) is 0 Å². The highest BCUT2D eigenvalue weighted by Crippen LogP contribution is 2.18. The summed E-state index contributed by atoms with van der Waals surface area (Å²) in [5.74, 6) is 1.78. The highest BCUT2D eigenvalue weighted by molar-refractivity contribution is 14.0. The SMILES string of the molecule is CCNC(=NCC(C)Oc1cccc(Cl)c1)NCCCN1CCCC1=O.I. The Hall–Kier alpha value is -1.22. The molecule has 0 spiro atoms. The Labute approximate surface area is 184 Å². The Kier molecular flexibility index (Phi) is 11.5. The van der Waals surface area contributed by atoms with Crippen LogP contribution in [-0.2, 0) is 4.79 Å². The van der Waals surface area contributed by atoms with Crippen LogP contribution in [-0.4, -0.2) is 55.6 Å². The molecule has 0 radical (unpaired) electrons. The third kappa shape index (κ3) is 9.01. The number of nitrogens with one attached hydrogen (secondary N) is 2. The number of nitrogens with zero attached hydrogens (tertiary/aromatic N) is 2. The smallest absolute Gasteiger partial charge is 0.222 e. The maximum absolute atomic E-state index is 11.6. The summed E-state index contributed by atoms with van der Waals surface area (Å²) in [6, 6.07) is 7.37. The standard InChI is InChI=1S/C19H29ClN4O2.HI/c1-3-21-19(22-10-6-12-24-11-5-9-18(24)25)23-14-15(2)26-17-8-4-7-16(20)13-17;/h4,7-8,13,15H,3,5-6,9-12,14H2,1-2H3,(H2,21,22,23);1H. The van der Waals surface area contributed by atoms with Gasteiger partial charge in [0.05, 0.1) is 6.54 Å². The van der Waals surface area contributed by atoms with Gasteiger partial charge in [-0.05, 0) is 44.9 Å². The van der Waals surface area contributed by atoms with E-state index in [1.165, 1.54) is 0 Å². The van der Waals surface area contributed by atoms with E-state index in [1.54, 1.807) is 6.07 Å². The topological polar surface area (TPSA) is 66.0 Å². The number of carbonyl (C=O) groups is 1. The summed E-state index contributed by atoms with van der Waals surface area (Å²) < 4.78 is 5.84. The van der Waals surface area contributed by atoms with Gasteiger partial charge in [0.15, 0.2) is 5.96 Å². The summed E-state index contributed by atoms with van der Waals surface area (Å²) in [4.78, 5) is 18.1. The fraction of sp³-hybridized carbons (Fsp3) is 0.579. The molecule has 2 N–H and O–H groups in total. The van der Waals surface area contributed by atoms with E-state index in [0.717, 1.165) is 50.7 Å². The van der Waals surface area contributed by atoms with Crippen molar-refractivity contribution in [2.45, 2.75) is 39.2 Å². The van der Waals surface area contributed by atoms with E-state index in [4.69, 9.17) is 16.3 Å². The Morgan fingerprint density at radius 3 is 2.89 bits per heavy atom. The first-order chi connectivity index (χ1) is 12.6. The van der Waals surface area contributed by atoms with Crippen LogP contribution in [0.4, 0.5) is 0 Å². The molecule has 1 atom stereocenters. The molecule has 0 saturated carbocycles. The fourth-order valence-corrected chi connectivity index (χ4v) is 2.97. The third-order valence-electron chi connectivity index (χ3n) is 4.05. The maximum Gasteiger partial charge on any atom is 0.222 e. The minimum absolute atomic E-state index is 0. The molecule has 0 aromatic heterocycles. The molecule has 0 aliphatic carbocycles. The Bertz CT molecular complexity index is 615. The van der Waals surface area contributed by atoms with Crippen LogP contribution in [0.3, 0.4) is 0 Å². The van der Waals surface area contributed by atoms with E-state index < -0.39 is 0 Å². The third-order valence-corrected chi connectivity index (χ3v) is 4.29. The summed E-state index contributed by atoms with van der Waals surface area (Å²) in [6.07, 6.45) is 2.53. The van der Waals surface area contributed by atoms with E-state index in [0.29, 0.717) is 18.0 Å². The first-order valence-corrected chi connectivity index (χ1v) is 9.68. The van der Waals surface area contributed by atoms with Gasteiger partial charge in [-0.1, -0.05) is 17.7 Å². The zero-order valence-corrected chi connectivity index (χ0v) is 19.1. The Morgan fingerprint density at radius 1 is 1.41 bits per heavy atom. The van der Waals surface area contributed by atoms with Crippen molar-refractivity contribution >= 4 is 47.4 Å². The van der Waals surface area contributed by atoms with E-state index >= 15 is 0 Å². The lowest BCUT2D eigenvalue weighted by Crippen LogP contribution is -2.39. The predicted octanol–water partition coefficient (Wildman–Crippen LogP) is 3.29. The van der Waals surface area contributed by atoms with Crippen molar-refractivity contribution in [3.8, 4) is 5.75 Å². The van der Waals surface area contributed by atoms with Crippen LogP contribution in [0.15, 0.2) is 29.3 Å². The summed E-state index contributed by atoms with van der Waals surface area (Å²) in [5.41, 5.74) is 0. The lowest BCUT2D eigenvalue weighted by molar-refractivity contribution is -0.127. The van der Waals surface area contributed by atoms with Gasteiger partial charge in [0.1, 0.15) is 11.9 Å². The molecule has 6 nitrogen and oxygen atoms in total. The molecule has 1 aliphatic heterocycles. The number of benzene rings is 1. The Morgan fingerprint density at radius 2 is 2.22 bits per heavy atom. The van der Waals surface area contributed by atoms with Gasteiger partial charge in [-0.3, -0.25) is 4.79 Å². The average molecular weight is 509 g/mol. The number of likely N-dealkylation sites (tertiary alicyclic amines) is 1. The highest BCUT2D eigenvalue weighted by atomic mass is 127. The van der Waals surface area contributed by atoms with Gasteiger partial charge >= 0.3 is 0 Å². The second-order valence-corrected chi connectivity index (χ2v) is 6.81. The summed E-state index contributed by atoms with van der Waals surface area (Å²) in [5, 5.41) is 7.20. The zero-order chi connectivity index (χ0) is 18.8. The van der Waals surface area contributed by atoms with Gasteiger partial charge in [0.2, 0.25) is 5.91 Å². The van der Waals surface area contributed by atoms with Crippen LogP contribution in [0.2, 0.25) is 5.02 Å². The number of guanidine groups is 1. The molecular weight excluding hydrogens is 479 g/mol. The van der Waals surface area contributed by atoms with Gasteiger partial charge in [0, 0.05) is 37.6 Å². The monoisotopic (exact) mass is 508 g/mol. The van der Waals surface area contributed by atoms with Gasteiger partial charge in [-0.25, -0.2) is 4.99 Å².